The third-order valence-electron chi connectivity index (χ3n) is 4.76. The van der Waals surface area contributed by atoms with E-state index in [9.17, 15) is 0 Å². The molecule has 23 heavy (non-hydrogen) atoms. The van der Waals surface area contributed by atoms with E-state index < -0.39 is 0 Å². The second kappa shape index (κ2) is 7.76. The number of hydrogen-bond acceptors (Lipinski definition) is 2. The fourth-order valence-electron chi connectivity index (χ4n) is 3.33. The maximum absolute atomic E-state index is 6.15. The molecule has 2 nitrogen and oxygen atoms in total. The zero-order valence-corrected chi connectivity index (χ0v) is 14.3. The van der Waals surface area contributed by atoms with Gasteiger partial charge in [-0.3, -0.25) is 4.90 Å². The highest BCUT2D eigenvalue weighted by Crippen LogP contribution is 2.18. The molecule has 0 aromatic heterocycles. The van der Waals surface area contributed by atoms with Gasteiger partial charge in [-0.2, -0.15) is 0 Å². The predicted molar refractivity (Wildman–Crippen MR) is 95.5 cm³/mol. The van der Waals surface area contributed by atoms with Gasteiger partial charge in [-0.25, -0.2) is 0 Å². The number of ether oxygens (including phenoxy) is 1. The summed E-state index contributed by atoms with van der Waals surface area (Å²) in [4.78, 5) is 2.49. The third-order valence-corrected chi connectivity index (χ3v) is 4.76. The molecule has 2 heteroatoms. The van der Waals surface area contributed by atoms with Crippen LogP contribution in [-0.4, -0.2) is 24.1 Å². The van der Waals surface area contributed by atoms with E-state index >= 15 is 0 Å². The Hall–Kier alpha value is -1.64. The van der Waals surface area contributed by atoms with E-state index in [-0.39, 0.29) is 0 Å². The second-order valence-corrected chi connectivity index (χ2v) is 6.56. The molecule has 0 N–H and O–H groups in total. The van der Waals surface area contributed by atoms with Crippen LogP contribution in [0, 0.1) is 6.92 Å². The summed E-state index contributed by atoms with van der Waals surface area (Å²) >= 11 is 0. The maximum atomic E-state index is 6.15. The van der Waals surface area contributed by atoms with Crippen molar-refractivity contribution in [1.82, 2.24) is 4.90 Å². The van der Waals surface area contributed by atoms with Crippen LogP contribution in [0.4, 0.5) is 0 Å². The van der Waals surface area contributed by atoms with E-state index in [1.54, 1.807) is 0 Å². The largest absolute Gasteiger partial charge is 0.372 e. The summed E-state index contributed by atoms with van der Waals surface area (Å²) < 4.78 is 6.15. The first-order valence-corrected chi connectivity index (χ1v) is 8.71. The third kappa shape index (κ3) is 4.43. The molecule has 0 radical (unpaired) electrons. The monoisotopic (exact) mass is 309 g/mol. The summed E-state index contributed by atoms with van der Waals surface area (Å²) in [6, 6.07) is 17.4. The number of likely N-dealkylation sites (tertiary alicyclic amines) is 1. The molecular formula is C21H27NO. The molecule has 0 bridgehead atoms. The summed E-state index contributed by atoms with van der Waals surface area (Å²) in [7, 11) is 0. The lowest BCUT2D eigenvalue weighted by Crippen LogP contribution is -2.23. The first kappa shape index (κ1) is 16.2. The van der Waals surface area contributed by atoms with Crippen LogP contribution in [0.5, 0.6) is 0 Å². The SMILES string of the molecule is CCc1cc(CO[C@@H]2CCN(Cc3ccccc3)C2)ccc1C. The van der Waals surface area contributed by atoms with Gasteiger partial charge in [0.1, 0.15) is 0 Å². The van der Waals surface area contributed by atoms with E-state index in [0.717, 1.165) is 39.1 Å². The maximum Gasteiger partial charge on any atom is 0.0721 e. The van der Waals surface area contributed by atoms with Gasteiger partial charge < -0.3 is 4.74 Å². The van der Waals surface area contributed by atoms with Gasteiger partial charge in [0, 0.05) is 19.6 Å². The average molecular weight is 309 g/mol. The van der Waals surface area contributed by atoms with Gasteiger partial charge in [0.25, 0.3) is 0 Å². The molecule has 2 aromatic rings. The molecule has 1 heterocycles. The quantitative estimate of drug-likeness (QED) is 0.786. The van der Waals surface area contributed by atoms with Gasteiger partial charge in [0.05, 0.1) is 12.7 Å². The van der Waals surface area contributed by atoms with Crippen LogP contribution >= 0.6 is 0 Å². The highest BCUT2D eigenvalue weighted by atomic mass is 16.5. The predicted octanol–water partition coefficient (Wildman–Crippen LogP) is 4.35. The molecule has 1 saturated heterocycles. The van der Waals surface area contributed by atoms with E-state index in [4.69, 9.17) is 4.74 Å². The normalized spacial score (nSPS) is 18.4. The van der Waals surface area contributed by atoms with Crippen molar-refractivity contribution in [2.24, 2.45) is 0 Å². The minimum Gasteiger partial charge on any atom is -0.372 e. The first-order chi connectivity index (χ1) is 11.2. The van der Waals surface area contributed by atoms with Crippen LogP contribution in [0.25, 0.3) is 0 Å². The van der Waals surface area contributed by atoms with Gasteiger partial charge in [0.15, 0.2) is 0 Å². The van der Waals surface area contributed by atoms with Gasteiger partial charge in [-0.05, 0) is 42.0 Å². The standard InChI is InChI=1S/C21H27NO/c1-3-20-13-19(10-9-17(20)2)16-23-21-11-12-22(15-21)14-18-7-5-4-6-8-18/h4-10,13,21H,3,11-12,14-16H2,1-2H3/t21-/m1/s1. The van der Waals surface area contributed by atoms with Gasteiger partial charge >= 0.3 is 0 Å². The van der Waals surface area contributed by atoms with Crippen LogP contribution in [0.2, 0.25) is 0 Å². The lowest BCUT2D eigenvalue weighted by molar-refractivity contribution is 0.0461. The minimum atomic E-state index is 0.366. The van der Waals surface area contributed by atoms with Crippen molar-refractivity contribution in [3.8, 4) is 0 Å². The van der Waals surface area contributed by atoms with Crippen molar-refractivity contribution in [3.05, 3.63) is 70.8 Å². The van der Waals surface area contributed by atoms with Crippen LogP contribution in [-0.2, 0) is 24.3 Å². The summed E-state index contributed by atoms with van der Waals surface area (Å²) in [5.74, 6) is 0. The second-order valence-electron chi connectivity index (χ2n) is 6.56. The fourth-order valence-corrected chi connectivity index (χ4v) is 3.33. The molecule has 0 amide bonds. The number of rotatable bonds is 6. The molecule has 1 aliphatic heterocycles. The van der Waals surface area contributed by atoms with Gasteiger partial charge in [-0.1, -0.05) is 55.5 Å². The topological polar surface area (TPSA) is 12.5 Å². The van der Waals surface area contributed by atoms with Crippen LogP contribution in [0.1, 0.15) is 35.6 Å². The van der Waals surface area contributed by atoms with E-state index in [1.165, 1.54) is 22.3 Å². The molecule has 2 aromatic carbocycles. The Kier molecular flexibility index (Phi) is 5.47. The van der Waals surface area contributed by atoms with Crippen molar-refractivity contribution in [2.75, 3.05) is 13.1 Å². The lowest BCUT2D eigenvalue weighted by atomic mass is 10.0. The van der Waals surface area contributed by atoms with Crippen LogP contribution in [0.15, 0.2) is 48.5 Å². The summed E-state index contributed by atoms with van der Waals surface area (Å²) in [6.45, 7) is 8.34. The molecular weight excluding hydrogens is 282 g/mol. The Morgan fingerprint density at radius 1 is 1.09 bits per heavy atom. The zero-order chi connectivity index (χ0) is 16.1. The van der Waals surface area contributed by atoms with Gasteiger partial charge in [0.2, 0.25) is 0 Å². The summed E-state index contributed by atoms with van der Waals surface area (Å²) in [5, 5.41) is 0. The summed E-state index contributed by atoms with van der Waals surface area (Å²) in [5.41, 5.74) is 5.50. The molecule has 1 atom stereocenters. The molecule has 0 spiro atoms. The summed E-state index contributed by atoms with van der Waals surface area (Å²) in [6.07, 6.45) is 2.60. The molecule has 122 valence electrons. The molecule has 1 fully saturated rings. The number of aryl methyl sites for hydroxylation is 2. The van der Waals surface area contributed by atoms with Crippen molar-refractivity contribution < 1.29 is 4.74 Å². The first-order valence-electron chi connectivity index (χ1n) is 8.71. The minimum absolute atomic E-state index is 0.366. The fraction of sp³-hybridized carbons (Fsp3) is 0.429. The number of hydrogen-bond donors (Lipinski definition) is 0. The molecule has 1 aliphatic rings. The van der Waals surface area contributed by atoms with Crippen LogP contribution < -0.4 is 0 Å². The number of benzene rings is 2. The average Bonchev–Trinajstić information content (AvgIpc) is 3.02. The number of nitrogens with zero attached hydrogens (tertiary/aromatic N) is 1. The van der Waals surface area contributed by atoms with Crippen molar-refractivity contribution in [1.29, 1.82) is 0 Å². The molecule has 0 aliphatic carbocycles. The molecule has 0 saturated carbocycles. The van der Waals surface area contributed by atoms with E-state index in [1.807, 2.05) is 0 Å². The van der Waals surface area contributed by atoms with Gasteiger partial charge in [-0.15, -0.1) is 0 Å². The van der Waals surface area contributed by atoms with Crippen molar-refractivity contribution >= 4 is 0 Å². The Morgan fingerprint density at radius 2 is 1.91 bits per heavy atom. The Balaban J connectivity index is 1.48. The van der Waals surface area contributed by atoms with E-state index in [2.05, 4.69) is 67.3 Å². The van der Waals surface area contributed by atoms with Crippen molar-refractivity contribution in [2.45, 2.75) is 45.9 Å². The Morgan fingerprint density at radius 3 is 2.70 bits per heavy atom. The molecule has 3 rings (SSSR count). The smallest absolute Gasteiger partial charge is 0.0721 e. The Labute approximate surface area is 140 Å². The van der Waals surface area contributed by atoms with E-state index in [0.29, 0.717) is 6.10 Å². The lowest BCUT2D eigenvalue weighted by Gasteiger charge is -2.16. The van der Waals surface area contributed by atoms with Crippen molar-refractivity contribution in [3.63, 3.8) is 0 Å². The Bertz CT molecular complexity index is 623. The molecule has 0 unspecified atom stereocenters. The zero-order valence-electron chi connectivity index (χ0n) is 14.3. The highest BCUT2D eigenvalue weighted by Gasteiger charge is 2.22. The van der Waals surface area contributed by atoms with Crippen LogP contribution in [0.3, 0.4) is 0 Å². The highest BCUT2D eigenvalue weighted by molar-refractivity contribution is 5.30.